The molecule has 1 aliphatic rings. The van der Waals surface area contributed by atoms with Crippen LogP contribution in [0.2, 0.25) is 0 Å². The summed E-state index contributed by atoms with van der Waals surface area (Å²) < 4.78 is 6.68. The molecule has 2 unspecified atom stereocenters. The van der Waals surface area contributed by atoms with Gasteiger partial charge in [-0.15, -0.1) is 0 Å². The molecule has 1 aliphatic heterocycles. The molecule has 5 heteroatoms. The molecule has 1 amide bonds. The number of nitrogens with one attached hydrogen (secondary N) is 1. The van der Waals surface area contributed by atoms with Crippen molar-refractivity contribution in [3.63, 3.8) is 0 Å². The summed E-state index contributed by atoms with van der Waals surface area (Å²) in [6.07, 6.45) is 2.10. The molecule has 0 aliphatic carbocycles. The van der Waals surface area contributed by atoms with Gasteiger partial charge in [0.15, 0.2) is 0 Å². The monoisotopic (exact) mass is 480 g/mol. The standard InChI is InChI=1S/C26H29BrN2O2/c1-16(24-6-5-13-31-24)28-25(30)21-15-23(29-22-12-11-19(27)14-20(21)22)17-7-9-18(10-8-17)26(2,3)4/h7-12,14-16,24H,5-6,13H2,1-4H3,(H,28,30). The summed E-state index contributed by atoms with van der Waals surface area (Å²) in [5.74, 6) is -0.0962. The van der Waals surface area contributed by atoms with Crippen LogP contribution >= 0.6 is 15.9 Å². The summed E-state index contributed by atoms with van der Waals surface area (Å²) in [6.45, 7) is 9.38. The van der Waals surface area contributed by atoms with Crippen LogP contribution in [0, 0.1) is 0 Å². The van der Waals surface area contributed by atoms with Crippen LogP contribution in [-0.4, -0.2) is 29.6 Å². The Morgan fingerprint density at radius 3 is 2.55 bits per heavy atom. The van der Waals surface area contributed by atoms with Crippen molar-refractivity contribution in [3.05, 3.63) is 64.1 Å². The van der Waals surface area contributed by atoms with E-state index in [9.17, 15) is 4.79 Å². The number of carbonyl (C=O) groups is 1. The number of hydrogen-bond acceptors (Lipinski definition) is 3. The average molecular weight is 481 g/mol. The predicted molar refractivity (Wildman–Crippen MR) is 129 cm³/mol. The second-order valence-corrected chi connectivity index (χ2v) is 10.3. The third-order valence-electron chi connectivity index (χ3n) is 5.94. The highest BCUT2D eigenvalue weighted by molar-refractivity contribution is 9.10. The van der Waals surface area contributed by atoms with Gasteiger partial charge in [-0.2, -0.15) is 0 Å². The van der Waals surface area contributed by atoms with Gasteiger partial charge < -0.3 is 10.1 Å². The Labute approximate surface area is 192 Å². The minimum Gasteiger partial charge on any atom is -0.376 e. The number of aromatic nitrogens is 1. The average Bonchev–Trinajstić information content (AvgIpc) is 3.27. The van der Waals surface area contributed by atoms with Gasteiger partial charge in [-0.25, -0.2) is 4.98 Å². The van der Waals surface area contributed by atoms with Crippen molar-refractivity contribution in [1.82, 2.24) is 10.3 Å². The number of fused-ring (bicyclic) bond motifs is 1. The quantitative estimate of drug-likeness (QED) is 0.479. The smallest absolute Gasteiger partial charge is 0.252 e. The molecule has 1 saturated heterocycles. The Bertz CT molecular complexity index is 1100. The highest BCUT2D eigenvalue weighted by atomic mass is 79.9. The first-order valence-electron chi connectivity index (χ1n) is 10.9. The number of hydrogen-bond donors (Lipinski definition) is 1. The van der Waals surface area contributed by atoms with Crippen molar-refractivity contribution in [1.29, 1.82) is 0 Å². The summed E-state index contributed by atoms with van der Waals surface area (Å²) >= 11 is 3.53. The number of amides is 1. The van der Waals surface area contributed by atoms with Crippen LogP contribution in [0.1, 0.15) is 56.5 Å². The lowest BCUT2D eigenvalue weighted by Crippen LogP contribution is -2.40. The maximum Gasteiger partial charge on any atom is 0.252 e. The fourth-order valence-electron chi connectivity index (χ4n) is 4.05. The number of pyridine rings is 1. The van der Waals surface area contributed by atoms with Gasteiger partial charge in [-0.1, -0.05) is 61.0 Å². The van der Waals surface area contributed by atoms with Crippen molar-refractivity contribution < 1.29 is 9.53 Å². The van der Waals surface area contributed by atoms with Gasteiger partial charge >= 0.3 is 0 Å². The Balaban J connectivity index is 1.73. The highest BCUT2D eigenvalue weighted by Gasteiger charge is 2.25. The molecule has 2 atom stereocenters. The number of ether oxygens (including phenoxy) is 1. The lowest BCUT2D eigenvalue weighted by Gasteiger charge is -2.21. The van der Waals surface area contributed by atoms with Gasteiger partial charge in [-0.05, 0) is 55.0 Å². The van der Waals surface area contributed by atoms with Crippen LogP contribution in [0.4, 0.5) is 0 Å². The van der Waals surface area contributed by atoms with Crippen molar-refractivity contribution in [2.45, 2.75) is 58.1 Å². The van der Waals surface area contributed by atoms with E-state index >= 15 is 0 Å². The maximum absolute atomic E-state index is 13.3. The van der Waals surface area contributed by atoms with Gasteiger partial charge in [0.1, 0.15) is 0 Å². The minimum absolute atomic E-state index is 0.0418. The molecule has 0 radical (unpaired) electrons. The van der Waals surface area contributed by atoms with E-state index in [1.807, 2.05) is 31.2 Å². The zero-order valence-corrected chi connectivity index (χ0v) is 20.1. The van der Waals surface area contributed by atoms with Crippen molar-refractivity contribution in [2.75, 3.05) is 6.61 Å². The molecule has 162 valence electrons. The summed E-state index contributed by atoms with van der Waals surface area (Å²) in [7, 11) is 0. The number of carbonyl (C=O) groups excluding carboxylic acids is 1. The predicted octanol–water partition coefficient (Wildman–Crippen LogP) is 6.26. The van der Waals surface area contributed by atoms with Crippen LogP contribution < -0.4 is 5.32 Å². The van der Waals surface area contributed by atoms with Gasteiger partial charge in [0, 0.05) is 22.0 Å². The molecule has 1 fully saturated rings. The van der Waals surface area contributed by atoms with Crippen LogP contribution in [0.5, 0.6) is 0 Å². The molecule has 3 aromatic rings. The molecule has 31 heavy (non-hydrogen) atoms. The van der Waals surface area contributed by atoms with Crippen molar-refractivity contribution in [2.24, 2.45) is 0 Å². The highest BCUT2D eigenvalue weighted by Crippen LogP contribution is 2.29. The molecule has 1 aromatic heterocycles. The SMILES string of the molecule is CC(NC(=O)c1cc(-c2ccc(C(C)(C)C)cc2)nc2ccc(Br)cc12)C1CCCO1. The summed E-state index contributed by atoms with van der Waals surface area (Å²) in [5.41, 5.74) is 4.58. The van der Waals surface area contributed by atoms with Gasteiger partial charge in [0.05, 0.1) is 28.9 Å². The molecular formula is C26H29BrN2O2. The molecule has 0 bridgehead atoms. The number of rotatable bonds is 4. The molecule has 2 aromatic carbocycles. The molecular weight excluding hydrogens is 452 g/mol. The zero-order valence-electron chi connectivity index (χ0n) is 18.5. The lowest BCUT2D eigenvalue weighted by molar-refractivity contribution is 0.0713. The Morgan fingerprint density at radius 1 is 1.16 bits per heavy atom. The van der Waals surface area contributed by atoms with Crippen LogP contribution in [0.15, 0.2) is 53.0 Å². The number of benzene rings is 2. The first-order chi connectivity index (χ1) is 14.7. The zero-order chi connectivity index (χ0) is 22.2. The second-order valence-electron chi connectivity index (χ2n) is 9.36. The Hall–Kier alpha value is -2.24. The third-order valence-corrected chi connectivity index (χ3v) is 6.44. The van der Waals surface area contributed by atoms with E-state index in [4.69, 9.17) is 9.72 Å². The lowest BCUT2D eigenvalue weighted by atomic mass is 9.86. The van der Waals surface area contributed by atoms with Crippen LogP contribution in [-0.2, 0) is 10.2 Å². The van der Waals surface area contributed by atoms with Crippen LogP contribution in [0.3, 0.4) is 0 Å². The third kappa shape index (κ3) is 4.83. The van der Waals surface area contributed by atoms with Gasteiger partial charge in [-0.3, -0.25) is 4.79 Å². The molecule has 1 N–H and O–H groups in total. The molecule has 2 heterocycles. The van der Waals surface area contributed by atoms with E-state index in [0.717, 1.165) is 46.1 Å². The Morgan fingerprint density at radius 2 is 1.90 bits per heavy atom. The number of nitrogens with zero attached hydrogens (tertiary/aromatic N) is 1. The first-order valence-corrected chi connectivity index (χ1v) is 11.7. The topological polar surface area (TPSA) is 51.2 Å². The van der Waals surface area contributed by atoms with Gasteiger partial charge in [0.25, 0.3) is 5.91 Å². The van der Waals surface area contributed by atoms with E-state index < -0.39 is 0 Å². The fourth-order valence-corrected chi connectivity index (χ4v) is 4.41. The normalized spacial score (nSPS) is 17.6. The summed E-state index contributed by atoms with van der Waals surface area (Å²) in [4.78, 5) is 18.1. The largest absolute Gasteiger partial charge is 0.376 e. The van der Waals surface area contributed by atoms with E-state index in [2.05, 4.69) is 66.3 Å². The second kappa shape index (κ2) is 8.71. The number of halogens is 1. The maximum atomic E-state index is 13.3. The Kier molecular flexibility index (Phi) is 6.18. The van der Waals surface area contributed by atoms with Gasteiger partial charge in [0.2, 0.25) is 0 Å². The molecule has 4 nitrogen and oxygen atoms in total. The van der Waals surface area contributed by atoms with E-state index in [0.29, 0.717) is 5.56 Å². The summed E-state index contributed by atoms with van der Waals surface area (Å²) in [6, 6.07) is 16.2. The fraction of sp³-hybridized carbons (Fsp3) is 0.385. The molecule has 0 spiro atoms. The summed E-state index contributed by atoms with van der Waals surface area (Å²) in [5, 5.41) is 3.99. The van der Waals surface area contributed by atoms with Crippen LogP contribution in [0.25, 0.3) is 22.2 Å². The molecule has 4 rings (SSSR count). The van der Waals surface area contributed by atoms with Crippen molar-refractivity contribution in [3.8, 4) is 11.3 Å². The van der Waals surface area contributed by atoms with E-state index in [-0.39, 0.29) is 23.5 Å². The van der Waals surface area contributed by atoms with Crippen molar-refractivity contribution >= 4 is 32.7 Å². The van der Waals surface area contributed by atoms with E-state index in [1.54, 1.807) is 0 Å². The van der Waals surface area contributed by atoms with E-state index in [1.165, 1.54) is 5.56 Å². The minimum atomic E-state index is -0.0962. The first kappa shape index (κ1) is 22.0. The molecule has 0 saturated carbocycles.